The van der Waals surface area contributed by atoms with Gasteiger partial charge in [-0.1, -0.05) is 90.5 Å². The van der Waals surface area contributed by atoms with Crippen molar-refractivity contribution in [3.8, 4) is 16.9 Å². The number of methoxy groups -OCH3 is 1. The SMILES string of the molecule is COc1ccc(C(CSCc2ccc(C)cc2)N(C(=O)OCC2c3ccccc3-c3ccccc32)[C@@H](C)C(=O)O)cc1. The highest BCUT2D eigenvalue weighted by Gasteiger charge is 2.36. The fraction of sp³-hybridized carbons (Fsp3) is 0.257. The largest absolute Gasteiger partial charge is 0.497 e. The van der Waals surface area contributed by atoms with E-state index in [0.29, 0.717) is 11.5 Å². The highest BCUT2D eigenvalue weighted by molar-refractivity contribution is 7.98. The number of carbonyl (C=O) groups is 2. The molecule has 0 spiro atoms. The molecular weight excluding hydrogens is 546 g/mol. The molecule has 4 aromatic carbocycles. The van der Waals surface area contributed by atoms with Gasteiger partial charge in [0, 0.05) is 17.4 Å². The van der Waals surface area contributed by atoms with Gasteiger partial charge in [0.05, 0.1) is 13.2 Å². The van der Waals surface area contributed by atoms with E-state index in [9.17, 15) is 14.7 Å². The predicted molar refractivity (Wildman–Crippen MR) is 167 cm³/mol. The number of aryl methyl sites for hydroxylation is 1. The minimum Gasteiger partial charge on any atom is -0.497 e. The number of benzene rings is 4. The van der Waals surface area contributed by atoms with Gasteiger partial charge in [0.1, 0.15) is 18.4 Å². The van der Waals surface area contributed by atoms with Crippen molar-refractivity contribution in [1.29, 1.82) is 0 Å². The van der Waals surface area contributed by atoms with Gasteiger partial charge in [-0.25, -0.2) is 9.59 Å². The van der Waals surface area contributed by atoms with E-state index in [1.807, 2.05) is 48.5 Å². The van der Waals surface area contributed by atoms with Gasteiger partial charge < -0.3 is 14.6 Å². The van der Waals surface area contributed by atoms with Crippen molar-refractivity contribution in [3.63, 3.8) is 0 Å². The lowest BCUT2D eigenvalue weighted by molar-refractivity contribution is -0.142. The van der Waals surface area contributed by atoms with Crippen LogP contribution >= 0.6 is 11.8 Å². The average molecular weight is 582 g/mol. The standard InChI is InChI=1S/C35H35NO5S/c1-23-12-14-25(15-13-23)21-42-22-33(26-16-18-27(40-3)19-17-26)36(24(2)34(37)38)35(39)41-20-32-30-10-6-4-8-28(30)29-9-5-7-11-31(29)32/h4-19,24,32-33H,20-22H2,1-3H3,(H,37,38)/t24-,33?/m0/s1. The lowest BCUT2D eigenvalue weighted by atomic mass is 9.98. The van der Waals surface area contributed by atoms with Crippen LogP contribution in [-0.2, 0) is 15.3 Å². The first-order valence-corrected chi connectivity index (χ1v) is 15.2. The number of carboxylic acid groups (broad SMARTS) is 1. The second-order valence-electron chi connectivity index (χ2n) is 10.5. The van der Waals surface area contributed by atoms with Gasteiger partial charge in [0.2, 0.25) is 0 Å². The van der Waals surface area contributed by atoms with Gasteiger partial charge in [0.25, 0.3) is 0 Å². The van der Waals surface area contributed by atoms with Crippen LogP contribution in [0.2, 0.25) is 0 Å². The minimum atomic E-state index is -1.10. The third kappa shape index (κ3) is 6.31. The lowest BCUT2D eigenvalue weighted by Gasteiger charge is -2.34. The van der Waals surface area contributed by atoms with Gasteiger partial charge in [0.15, 0.2) is 0 Å². The van der Waals surface area contributed by atoms with Crippen LogP contribution < -0.4 is 4.74 Å². The van der Waals surface area contributed by atoms with Crippen LogP contribution in [-0.4, -0.2) is 47.6 Å². The molecule has 7 heteroatoms. The normalized spacial score (nSPS) is 13.5. The number of hydrogen-bond acceptors (Lipinski definition) is 5. The molecule has 4 aromatic rings. The van der Waals surface area contributed by atoms with Crippen LogP contribution in [0, 0.1) is 6.92 Å². The Kier molecular flexibility index (Phi) is 9.18. The highest BCUT2D eigenvalue weighted by atomic mass is 32.2. The molecule has 42 heavy (non-hydrogen) atoms. The summed E-state index contributed by atoms with van der Waals surface area (Å²) in [7, 11) is 1.60. The summed E-state index contributed by atoms with van der Waals surface area (Å²) in [5.41, 5.74) is 7.64. The lowest BCUT2D eigenvalue weighted by Crippen LogP contribution is -2.47. The van der Waals surface area contributed by atoms with E-state index < -0.39 is 24.1 Å². The van der Waals surface area contributed by atoms with Gasteiger partial charge in [-0.2, -0.15) is 11.8 Å². The van der Waals surface area contributed by atoms with E-state index in [2.05, 4.69) is 55.5 Å². The van der Waals surface area contributed by atoms with Gasteiger partial charge >= 0.3 is 12.1 Å². The Hall–Kier alpha value is -4.23. The molecule has 0 saturated heterocycles. The molecule has 0 aromatic heterocycles. The summed E-state index contributed by atoms with van der Waals surface area (Å²) in [6, 6.07) is 30.4. The molecule has 2 atom stereocenters. The van der Waals surface area contributed by atoms with Crippen LogP contribution in [0.25, 0.3) is 11.1 Å². The quantitative estimate of drug-likeness (QED) is 0.196. The summed E-state index contributed by atoms with van der Waals surface area (Å²) in [5, 5.41) is 10.1. The average Bonchev–Trinajstić information content (AvgIpc) is 3.33. The number of hydrogen-bond donors (Lipinski definition) is 1. The molecule has 6 nitrogen and oxygen atoms in total. The Balaban J connectivity index is 1.41. The molecule has 1 amide bonds. The van der Waals surface area contributed by atoms with E-state index >= 15 is 0 Å². The van der Waals surface area contributed by atoms with E-state index in [1.54, 1.807) is 18.9 Å². The second-order valence-corrected chi connectivity index (χ2v) is 11.5. The zero-order valence-electron chi connectivity index (χ0n) is 24.0. The number of carbonyl (C=O) groups excluding carboxylic acids is 1. The second kappa shape index (κ2) is 13.2. The minimum absolute atomic E-state index is 0.113. The molecule has 1 N–H and O–H groups in total. The number of ether oxygens (including phenoxy) is 2. The monoisotopic (exact) mass is 581 g/mol. The maximum absolute atomic E-state index is 13.9. The molecule has 0 bridgehead atoms. The van der Waals surface area contributed by atoms with Crippen molar-refractivity contribution >= 4 is 23.8 Å². The Bertz CT molecular complexity index is 1490. The summed E-state index contributed by atoms with van der Waals surface area (Å²) in [6.45, 7) is 3.70. The fourth-order valence-corrected chi connectivity index (χ4v) is 6.60. The summed E-state index contributed by atoms with van der Waals surface area (Å²) >= 11 is 1.65. The molecule has 1 aliphatic carbocycles. The first kappa shape index (κ1) is 29.3. The van der Waals surface area contributed by atoms with Crippen LogP contribution in [0.3, 0.4) is 0 Å². The summed E-state index contributed by atoms with van der Waals surface area (Å²) < 4.78 is 11.3. The third-order valence-corrected chi connectivity index (χ3v) is 8.91. The number of carboxylic acids is 1. The van der Waals surface area contributed by atoms with Crippen LogP contribution in [0.1, 0.15) is 46.7 Å². The van der Waals surface area contributed by atoms with Gasteiger partial charge in [-0.15, -0.1) is 0 Å². The predicted octanol–water partition coefficient (Wildman–Crippen LogP) is 7.70. The van der Waals surface area contributed by atoms with Crippen molar-refractivity contribution < 1.29 is 24.2 Å². The molecule has 0 radical (unpaired) electrons. The molecule has 1 unspecified atom stereocenters. The molecule has 216 valence electrons. The first-order valence-electron chi connectivity index (χ1n) is 14.0. The number of aliphatic carboxylic acids is 1. The summed E-state index contributed by atoms with van der Waals surface area (Å²) in [5.74, 6) is 0.683. The van der Waals surface area contributed by atoms with Crippen molar-refractivity contribution in [2.75, 3.05) is 19.5 Å². The number of nitrogens with zero attached hydrogens (tertiary/aromatic N) is 1. The van der Waals surface area contributed by atoms with E-state index in [4.69, 9.17) is 9.47 Å². The maximum Gasteiger partial charge on any atom is 0.411 e. The Labute approximate surface area is 251 Å². The van der Waals surface area contributed by atoms with Crippen LogP contribution in [0.4, 0.5) is 4.79 Å². The molecule has 0 saturated carbocycles. The fourth-order valence-electron chi connectivity index (χ4n) is 5.48. The first-order chi connectivity index (χ1) is 20.4. The van der Waals surface area contributed by atoms with Crippen LogP contribution in [0.5, 0.6) is 5.75 Å². The van der Waals surface area contributed by atoms with E-state index in [0.717, 1.165) is 39.1 Å². The smallest absolute Gasteiger partial charge is 0.411 e. The van der Waals surface area contributed by atoms with Crippen molar-refractivity contribution in [2.24, 2.45) is 0 Å². The highest BCUT2D eigenvalue weighted by Crippen LogP contribution is 2.44. The number of fused-ring (bicyclic) bond motifs is 3. The Morgan fingerprint density at radius 2 is 1.48 bits per heavy atom. The molecule has 0 fully saturated rings. The van der Waals surface area contributed by atoms with Gasteiger partial charge in [-0.05, 0) is 59.4 Å². The molecule has 0 heterocycles. The van der Waals surface area contributed by atoms with Crippen LogP contribution in [0.15, 0.2) is 97.1 Å². The van der Waals surface area contributed by atoms with Gasteiger partial charge in [-0.3, -0.25) is 4.90 Å². The maximum atomic E-state index is 13.9. The molecule has 1 aliphatic rings. The molecular formula is C35H35NO5S. The zero-order chi connectivity index (χ0) is 29.6. The zero-order valence-corrected chi connectivity index (χ0v) is 24.8. The van der Waals surface area contributed by atoms with E-state index in [1.165, 1.54) is 17.4 Å². The molecule has 0 aliphatic heterocycles. The Morgan fingerprint density at radius 1 is 0.881 bits per heavy atom. The van der Waals surface area contributed by atoms with Crippen molar-refractivity contribution in [1.82, 2.24) is 4.90 Å². The van der Waals surface area contributed by atoms with Crippen molar-refractivity contribution in [2.45, 2.75) is 37.6 Å². The van der Waals surface area contributed by atoms with E-state index in [-0.39, 0.29) is 12.5 Å². The summed E-state index contributed by atoms with van der Waals surface area (Å²) in [4.78, 5) is 27.6. The number of amides is 1. The topological polar surface area (TPSA) is 76.1 Å². The number of thioether (sulfide) groups is 1. The Morgan fingerprint density at radius 3 is 2.05 bits per heavy atom. The third-order valence-electron chi connectivity index (χ3n) is 7.82. The summed E-state index contributed by atoms with van der Waals surface area (Å²) in [6.07, 6.45) is -0.650. The van der Waals surface area contributed by atoms with Crippen molar-refractivity contribution in [3.05, 3.63) is 125 Å². The molecule has 5 rings (SSSR count). The number of rotatable bonds is 11.